The summed E-state index contributed by atoms with van der Waals surface area (Å²) in [6.45, 7) is 5.08. The van der Waals surface area contributed by atoms with Crippen LogP contribution in [0.25, 0.3) is 0 Å². The van der Waals surface area contributed by atoms with Crippen LogP contribution in [-0.4, -0.2) is 22.6 Å². The number of aliphatic hydroxyl groups is 1. The maximum atomic E-state index is 14.5. The van der Waals surface area contributed by atoms with Gasteiger partial charge in [-0.05, 0) is 50.6 Å². The van der Waals surface area contributed by atoms with Gasteiger partial charge in [-0.25, -0.2) is 9.18 Å². The summed E-state index contributed by atoms with van der Waals surface area (Å²) < 4.78 is 19.6. The molecule has 0 bridgehead atoms. The van der Waals surface area contributed by atoms with Gasteiger partial charge in [-0.15, -0.1) is 0 Å². The zero-order valence-corrected chi connectivity index (χ0v) is 18.2. The Bertz CT molecular complexity index is 956. The minimum Gasteiger partial charge on any atom is -0.457 e. The minimum absolute atomic E-state index is 0.0193. The van der Waals surface area contributed by atoms with Gasteiger partial charge in [0, 0.05) is 27.8 Å². The van der Waals surface area contributed by atoms with Crippen LogP contribution in [0.2, 0.25) is 10.0 Å². The molecule has 0 fully saturated rings. The zero-order chi connectivity index (χ0) is 22.5. The van der Waals surface area contributed by atoms with Crippen LogP contribution >= 0.6 is 23.2 Å². The fourth-order valence-electron chi connectivity index (χ4n) is 2.64. The Labute approximate surface area is 184 Å². The zero-order valence-electron chi connectivity index (χ0n) is 16.7. The second kappa shape index (κ2) is 10.1. The van der Waals surface area contributed by atoms with E-state index in [4.69, 9.17) is 27.9 Å². The molecule has 8 heteroatoms. The molecule has 0 aromatic heterocycles. The first-order chi connectivity index (χ1) is 14.0. The predicted octanol–water partition coefficient (Wildman–Crippen LogP) is 4.92. The van der Waals surface area contributed by atoms with E-state index < -0.39 is 35.4 Å². The van der Waals surface area contributed by atoms with E-state index in [2.05, 4.69) is 5.32 Å². The molecule has 0 aliphatic rings. The predicted molar refractivity (Wildman–Crippen MR) is 114 cm³/mol. The third kappa shape index (κ3) is 7.13. The Morgan fingerprint density at radius 1 is 1.10 bits per heavy atom. The van der Waals surface area contributed by atoms with E-state index in [9.17, 15) is 19.1 Å². The monoisotopic (exact) mass is 453 g/mol. The van der Waals surface area contributed by atoms with E-state index in [1.165, 1.54) is 18.2 Å². The van der Waals surface area contributed by atoms with Gasteiger partial charge in [-0.1, -0.05) is 41.4 Å². The number of carbonyl (C=O) groups is 2. The fourth-order valence-corrected chi connectivity index (χ4v) is 3.00. The topological polar surface area (TPSA) is 75.6 Å². The lowest BCUT2D eigenvalue weighted by molar-refractivity contribution is -0.148. The number of ether oxygens (including phenoxy) is 1. The molecule has 2 aromatic carbocycles. The molecule has 2 aromatic rings. The first kappa shape index (κ1) is 23.9. The van der Waals surface area contributed by atoms with Crippen molar-refractivity contribution in [2.24, 2.45) is 0 Å². The van der Waals surface area contributed by atoms with Gasteiger partial charge >= 0.3 is 5.97 Å². The van der Waals surface area contributed by atoms with Crippen molar-refractivity contribution in [1.29, 1.82) is 0 Å². The number of aliphatic hydroxyl groups excluding tert-OH is 1. The van der Waals surface area contributed by atoms with Crippen LogP contribution in [0.5, 0.6) is 0 Å². The van der Waals surface area contributed by atoms with Crippen LogP contribution < -0.4 is 5.32 Å². The molecule has 0 aliphatic carbocycles. The highest BCUT2D eigenvalue weighted by molar-refractivity contribution is 6.30. The number of carbonyl (C=O) groups excluding carboxylic acids is 2. The van der Waals surface area contributed by atoms with Crippen LogP contribution in [0.4, 0.5) is 4.39 Å². The lowest BCUT2D eigenvalue weighted by Crippen LogP contribution is -2.32. The number of hydrogen-bond donors (Lipinski definition) is 2. The second-order valence-electron chi connectivity index (χ2n) is 7.52. The minimum atomic E-state index is -1.32. The molecule has 0 radical (unpaired) electrons. The highest BCUT2D eigenvalue weighted by Crippen LogP contribution is 2.32. The van der Waals surface area contributed by atoms with E-state index in [0.29, 0.717) is 10.6 Å². The van der Waals surface area contributed by atoms with E-state index in [0.717, 1.165) is 18.2 Å². The van der Waals surface area contributed by atoms with Gasteiger partial charge in [0.05, 0.1) is 6.04 Å². The van der Waals surface area contributed by atoms with Crippen molar-refractivity contribution >= 4 is 35.1 Å². The Kier molecular flexibility index (Phi) is 8.01. The molecule has 0 heterocycles. The van der Waals surface area contributed by atoms with Gasteiger partial charge in [-0.3, -0.25) is 4.79 Å². The highest BCUT2D eigenvalue weighted by atomic mass is 35.5. The van der Waals surface area contributed by atoms with Crippen molar-refractivity contribution in [2.75, 3.05) is 0 Å². The summed E-state index contributed by atoms with van der Waals surface area (Å²) in [6, 6.07) is 9.08. The van der Waals surface area contributed by atoms with E-state index in [1.807, 2.05) is 0 Å². The SMILES string of the molecule is CC(C)(C)OC(=O)C=CC(=O)N[C@H](c1ccc(Cl)cc1F)[C@@H](O)c1cccc(Cl)c1. The highest BCUT2D eigenvalue weighted by Gasteiger charge is 2.27. The van der Waals surface area contributed by atoms with Crippen LogP contribution in [0.1, 0.15) is 44.0 Å². The molecule has 1 amide bonds. The first-order valence-corrected chi connectivity index (χ1v) is 9.82. The van der Waals surface area contributed by atoms with Gasteiger partial charge in [-0.2, -0.15) is 0 Å². The quantitative estimate of drug-likeness (QED) is 0.480. The van der Waals surface area contributed by atoms with Gasteiger partial charge in [0.25, 0.3) is 0 Å². The average Bonchev–Trinajstić information content (AvgIpc) is 2.63. The third-order valence-corrected chi connectivity index (χ3v) is 4.35. The summed E-state index contributed by atoms with van der Waals surface area (Å²) in [4.78, 5) is 24.2. The Balaban J connectivity index is 2.29. The molecule has 2 N–H and O–H groups in total. The average molecular weight is 454 g/mol. The largest absolute Gasteiger partial charge is 0.457 e. The molecule has 0 saturated carbocycles. The number of esters is 1. The molecule has 0 saturated heterocycles. The third-order valence-electron chi connectivity index (χ3n) is 3.88. The summed E-state index contributed by atoms with van der Waals surface area (Å²) in [5, 5.41) is 13.9. The van der Waals surface area contributed by atoms with Crippen molar-refractivity contribution in [2.45, 2.75) is 38.5 Å². The lowest BCUT2D eigenvalue weighted by Gasteiger charge is -2.25. The maximum Gasteiger partial charge on any atom is 0.331 e. The summed E-state index contributed by atoms with van der Waals surface area (Å²) >= 11 is 11.8. The van der Waals surface area contributed by atoms with Crippen molar-refractivity contribution < 1.29 is 23.8 Å². The molecule has 5 nitrogen and oxygen atoms in total. The summed E-state index contributed by atoms with van der Waals surface area (Å²) in [7, 11) is 0. The molecule has 2 rings (SSSR count). The number of amides is 1. The second-order valence-corrected chi connectivity index (χ2v) is 8.39. The van der Waals surface area contributed by atoms with E-state index in [1.54, 1.807) is 39.0 Å². The Hall–Kier alpha value is -2.41. The van der Waals surface area contributed by atoms with E-state index in [-0.39, 0.29) is 10.6 Å². The van der Waals surface area contributed by atoms with Crippen molar-refractivity contribution in [1.82, 2.24) is 5.32 Å². The van der Waals surface area contributed by atoms with Crippen LogP contribution in [0.3, 0.4) is 0 Å². The first-order valence-electron chi connectivity index (χ1n) is 9.06. The molecule has 160 valence electrons. The van der Waals surface area contributed by atoms with Crippen LogP contribution in [0.15, 0.2) is 54.6 Å². The fraction of sp³-hybridized carbons (Fsp3) is 0.273. The maximum absolute atomic E-state index is 14.5. The lowest BCUT2D eigenvalue weighted by atomic mass is 9.95. The normalized spacial score (nSPS) is 13.7. The smallest absolute Gasteiger partial charge is 0.331 e. The standard InChI is InChI=1S/C22H22Cl2FNO4/c1-22(2,3)30-19(28)10-9-18(27)26-20(16-8-7-15(24)12-17(16)25)21(29)13-5-4-6-14(23)11-13/h4-12,20-21,29H,1-3H3,(H,26,27)/t20-,21+/m1/s1. The van der Waals surface area contributed by atoms with Crippen molar-refractivity contribution in [3.63, 3.8) is 0 Å². The van der Waals surface area contributed by atoms with Gasteiger partial charge in [0.2, 0.25) is 5.91 Å². The molecular formula is C22H22Cl2FNO4. The Morgan fingerprint density at radius 2 is 1.77 bits per heavy atom. The van der Waals surface area contributed by atoms with Crippen LogP contribution in [0, 0.1) is 5.82 Å². The van der Waals surface area contributed by atoms with Crippen molar-refractivity contribution in [3.05, 3.63) is 81.6 Å². The van der Waals surface area contributed by atoms with E-state index >= 15 is 0 Å². The molecule has 0 aliphatic heterocycles. The Morgan fingerprint density at radius 3 is 2.37 bits per heavy atom. The number of benzene rings is 2. The molecule has 2 atom stereocenters. The number of hydrogen-bond acceptors (Lipinski definition) is 4. The van der Waals surface area contributed by atoms with Gasteiger partial charge < -0.3 is 15.2 Å². The number of rotatable bonds is 6. The van der Waals surface area contributed by atoms with Crippen LogP contribution in [-0.2, 0) is 14.3 Å². The van der Waals surface area contributed by atoms with Gasteiger partial charge in [0.1, 0.15) is 17.5 Å². The van der Waals surface area contributed by atoms with Crippen molar-refractivity contribution in [3.8, 4) is 0 Å². The number of nitrogens with one attached hydrogen (secondary N) is 1. The molecule has 0 spiro atoms. The molecular weight excluding hydrogens is 432 g/mol. The number of halogens is 3. The summed E-state index contributed by atoms with van der Waals surface area (Å²) in [6.07, 6.45) is 0.597. The summed E-state index contributed by atoms with van der Waals surface area (Å²) in [5.41, 5.74) is -0.320. The molecule has 30 heavy (non-hydrogen) atoms. The molecule has 0 unspecified atom stereocenters. The van der Waals surface area contributed by atoms with Gasteiger partial charge in [0.15, 0.2) is 0 Å². The summed E-state index contributed by atoms with van der Waals surface area (Å²) in [5.74, 6) is -2.13.